The molecule has 0 bridgehead atoms. The zero-order chi connectivity index (χ0) is 13.3. The molecule has 0 N–H and O–H groups in total. The molecule has 17 heavy (non-hydrogen) atoms. The summed E-state index contributed by atoms with van der Waals surface area (Å²) in [5.41, 5.74) is -1.18. The van der Waals surface area contributed by atoms with Crippen molar-refractivity contribution < 1.29 is 14.3 Å². The van der Waals surface area contributed by atoms with E-state index in [0.29, 0.717) is 6.61 Å². The van der Waals surface area contributed by atoms with E-state index in [2.05, 4.69) is 11.8 Å². The lowest BCUT2D eigenvalue weighted by Crippen LogP contribution is -2.49. The Hall–Kier alpha value is -1.21. The van der Waals surface area contributed by atoms with Crippen molar-refractivity contribution in [2.24, 2.45) is 0 Å². The van der Waals surface area contributed by atoms with Crippen molar-refractivity contribution in [2.45, 2.75) is 58.9 Å². The molecule has 1 atom stereocenters. The van der Waals surface area contributed by atoms with Crippen molar-refractivity contribution in [3.63, 3.8) is 0 Å². The molecule has 4 heteroatoms. The Morgan fingerprint density at radius 3 is 2.53 bits per heavy atom. The van der Waals surface area contributed by atoms with Gasteiger partial charge in [-0.25, -0.2) is 4.79 Å². The van der Waals surface area contributed by atoms with Crippen molar-refractivity contribution in [3.8, 4) is 11.8 Å². The Bertz CT molecular complexity index is 357. The number of hydrogen-bond donors (Lipinski definition) is 0. The Labute approximate surface area is 103 Å². The molecule has 0 saturated carbocycles. The highest BCUT2D eigenvalue weighted by atomic mass is 16.6. The van der Waals surface area contributed by atoms with E-state index >= 15 is 0 Å². The van der Waals surface area contributed by atoms with E-state index in [4.69, 9.17) is 9.47 Å². The zero-order valence-corrected chi connectivity index (χ0v) is 11.5. The molecule has 1 saturated heterocycles. The van der Waals surface area contributed by atoms with Gasteiger partial charge in [0.1, 0.15) is 17.4 Å². The maximum absolute atomic E-state index is 12.1. The second-order valence-corrected chi connectivity index (χ2v) is 5.52. The predicted molar refractivity (Wildman–Crippen MR) is 65.3 cm³/mol. The SMILES string of the molecule is CC#CC1COC(C)(C)N1C(=O)OC(C)(C)C. The van der Waals surface area contributed by atoms with Crippen molar-refractivity contribution in [1.29, 1.82) is 0 Å². The summed E-state index contributed by atoms with van der Waals surface area (Å²) in [6, 6.07) is -0.232. The Morgan fingerprint density at radius 1 is 1.47 bits per heavy atom. The Balaban J connectivity index is 2.89. The maximum Gasteiger partial charge on any atom is 0.413 e. The average Bonchev–Trinajstić information content (AvgIpc) is 2.39. The molecule has 0 radical (unpaired) electrons. The van der Waals surface area contributed by atoms with Crippen molar-refractivity contribution in [1.82, 2.24) is 4.90 Å². The fourth-order valence-electron chi connectivity index (χ4n) is 1.73. The average molecular weight is 239 g/mol. The van der Waals surface area contributed by atoms with Crippen LogP contribution in [0.25, 0.3) is 0 Å². The second-order valence-electron chi connectivity index (χ2n) is 5.52. The van der Waals surface area contributed by atoms with Crippen molar-refractivity contribution in [3.05, 3.63) is 0 Å². The van der Waals surface area contributed by atoms with Crippen LogP contribution in [0.2, 0.25) is 0 Å². The molecule has 1 aliphatic heterocycles. The third-order valence-electron chi connectivity index (χ3n) is 2.39. The molecule has 96 valence electrons. The standard InChI is InChI=1S/C13H21NO3/c1-7-8-10-9-16-13(5,6)14(10)11(15)17-12(2,3)4/h10H,9H2,1-6H3. The van der Waals surface area contributed by atoms with Crippen LogP contribution in [0.1, 0.15) is 41.5 Å². The lowest BCUT2D eigenvalue weighted by Gasteiger charge is -2.33. The zero-order valence-electron chi connectivity index (χ0n) is 11.5. The minimum absolute atomic E-state index is 0.232. The van der Waals surface area contributed by atoms with Crippen molar-refractivity contribution in [2.75, 3.05) is 6.61 Å². The summed E-state index contributed by atoms with van der Waals surface area (Å²) in [5, 5.41) is 0. The minimum atomic E-state index is -0.670. The van der Waals surface area contributed by atoms with E-state index in [1.54, 1.807) is 11.8 Å². The first-order chi connectivity index (χ1) is 7.67. The first kappa shape index (κ1) is 13.9. The maximum atomic E-state index is 12.1. The van der Waals surface area contributed by atoms with Gasteiger partial charge >= 0.3 is 6.09 Å². The van der Waals surface area contributed by atoms with E-state index in [-0.39, 0.29) is 12.1 Å². The quantitative estimate of drug-likeness (QED) is 0.609. The smallest absolute Gasteiger partial charge is 0.413 e. The van der Waals surface area contributed by atoms with Crippen LogP contribution in [0.3, 0.4) is 0 Å². The monoisotopic (exact) mass is 239 g/mol. The summed E-state index contributed by atoms with van der Waals surface area (Å²) in [5.74, 6) is 5.78. The highest BCUT2D eigenvalue weighted by molar-refractivity contribution is 5.70. The van der Waals surface area contributed by atoms with Crippen LogP contribution in [-0.2, 0) is 9.47 Å². The molecular weight excluding hydrogens is 218 g/mol. The third kappa shape index (κ3) is 3.37. The van der Waals surface area contributed by atoms with E-state index in [1.807, 2.05) is 34.6 Å². The van der Waals surface area contributed by atoms with E-state index in [9.17, 15) is 4.79 Å². The summed E-state index contributed by atoms with van der Waals surface area (Å²) in [7, 11) is 0. The summed E-state index contributed by atoms with van der Waals surface area (Å²) in [6.07, 6.45) is -0.382. The van der Waals surface area contributed by atoms with Crippen LogP contribution in [-0.4, -0.2) is 35.0 Å². The van der Waals surface area contributed by atoms with Gasteiger partial charge in [-0.3, -0.25) is 4.90 Å². The van der Waals surface area contributed by atoms with Gasteiger partial charge in [0.05, 0.1) is 6.61 Å². The van der Waals surface area contributed by atoms with Gasteiger partial charge in [0.25, 0.3) is 0 Å². The number of rotatable bonds is 0. The number of carbonyl (C=O) groups excluding carboxylic acids is 1. The van der Waals surface area contributed by atoms with E-state index in [1.165, 1.54) is 0 Å². The topological polar surface area (TPSA) is 38.8 Å². The number of nitrogens with zero attached hydrogens (tertiary/aromatic N) is 1. The molecule has 0 aromatic rings. The predicted octanol–water partition coefficient (Wildman–Crippen LogP) is 2.38. The van der Waals surface area contributed by atoms with Gasteiger partial charge in [-0.2, -0.15) is 0 Å². The van der Waals surface area contributed by atoms with Gasteiger partial charge < -0.3 is 9.47 Å². The molecule has 0 aromatic carbocycles. The molecule has 1 fully saturated rings. The fraction of sp³-hybridized carbons (Fsp3) is 0.769. The normalized spacial score (nSPS) is 22.9. The molecule has 1 heterocycles. The molecular formula is C13H21NO3. The van der Waals surface area contributed by atoms with Crippen LogP contribution in [0.15, 0.2) is 0 Å². The molecule has 1 amide bonds. The summed E-state index contributed by atoms with van der Waals surface area (Å²) in [6.45, 7) is 11.4. The molecule has 1 rings (SSSR count). The lowest BCUT2D eigenvalue weighted by molar-refractivity contribution is -0.0608. The molecule has 1 aliphatic rings. The summed E-state index contributed by atoms with van der Waals surface area (Å²) in [4.78, 5) is 13.7. The van der Waals surface area contributed by atoms with Crippen LogP contribution in [0.4, 0.5) is 4.79 Å². The number of amides is 1. The van der Waals surface area contributed by atoms with Crippen LogP contribution >= 0.6 is 0 Å². The number of hydrogen-bond acceptors (Lipinski definition) is 3. The number of carbonyl (C=O) groups is 1. The van der Waals surface area contributed by atoms with Crippen LogP contribution in [0, 0.1) is 11.8 Å². The minimum Gasteiger partial charge on any atom is -0.444 e. The molecule has 4 nitrogen and oxygen atoms in total. The first-order valence-corrected chi connectivity index (χ1v) is 5.76. The van der Waals surface area contributed by atoms with Gasteiger partial charge in [-0.1, -0.05) is 5.92 Å². The van der Waals surface area contributed by atoms with Crippen molar-refractivity contribution >= 4 is 6.09 Å². The largest absolute Gasteiger partial charge is 0.444 e. The van der Waals surface area contributed by atoms with Gasteiger partial charge in [0.2, 0.25) is 0 Å². The highest BCUT2D eigenvalue weighted by Crippen LogP contribution is 2.28. The third-order valence-corrected chi connectivity index (χ3v) is 2.39. The second kappa shape index (κ2) is 4.58. The van der Waals surface area contributed by atoms with E-state index in [0.717, 1.165) is 0 Å². The summed E-state index contributed by atoms with van der Waals surface area (Å²) < 4.78 is 10.9. The molecule has 0 spiro atoms. The van der Waals surface area contributed by atoms with Gasteiger partial charge in [0.15, 0.2) is 0 Å². The van der Waals surface area contributed by atoms with Gasteiger partial charge in [-0.15, -0.1) is 5.92 Å². The van der Waals surface area contributed by atoms with Crippen LogP contribution in [0.5, 0.6) is 0 Å². The van der Waals surface area contributed by atoms with Gasteiger partial charge in [-0.05, 0) is 41.5 Å². The molecule has 1 unspecified atom stereocenters. The summed E-state index contributed by atoms with van der Waals surface area (Å²) >= 11 is 0. The fourth-order valence-corrected chi connectivity index (χ4v) is 1.73. The van der Waals surface area contributed by atoms with Crippen LogP contribution < -0.4 is 0 Å². The Morgan fingerprint density at radius 2 is 2.06 bits per heavy atom. The molecule has 0 aromatic heterocycles. The van der Waals surface area contributed by atoms with E-state index < -0.39 is 11.3 Å². The Kier molecular flexibility index (Phi) is 3.73. The highest BCUT2D eigenvalue weighted by Gasteiger charge is 2.45. The lowest BCUT2D eigenvalue weighted by atomic mass is 10.2. The van der Waals surface area contributed by atoms with Gasteiger partial charge in [0, 0.05) is 0 Å². The first-order valence-electron chi connectivity index (χ1n) is 5.76. The number of ether oxygens (including phenoxy) is 2. The molecule has 0 aliphatic carbocycles.